The molecule has 0 saturated heterocycles. The van der Waals surface area contributed by atoms with Crippen LogP contribution in [0.2, 0.25) is 0 Å². The third kappa shape index (κ3) is 5.12. The smallest absolute Gasteiger partial charge is 0.243 e. The highest BCUT2D eigenvalue weighted by Crippen LogP contribution is 2.30. The molecule has 2 aromatic carbocycles. The van der Waals surface area contributed by atoms with Crippen molar-refractivity contribution in [2.45, 2.75) is 32.9 Å². The highest BCUT2D eigenvalue weighted by Gasteiger charge is 2.18. The van der Waals surface area contributed by atoms with Gasteiger partial charge >= 0.3 is 0 Å². The van der Waals surface area contributed by atoms with Crippen molar-refractivity contribution in [3.05, 3.63) is 77.0 Å². The summed E-state index contributed by atoms with van der Waals surface area (Å²) < 4.78 is 1.80. The van der Waals surface area contributed by atoms with Gasteiger partial charge in [0.2, 0.25) is 11.8 Å². The maximum atomic E-state index is 12.5. The molecule has 0 spiro atoms. The molecule has 174 valence electrons. The Bertz CT molecular complexity index is 1340. The Morgan fingerprint density at radius 3 is 2.32 bits per heavy atom. The van der Waals surface area contributed by atoms with Gasteiger partial charge in [0.15, 0.2) is 5.16 Å². The van der Waals surface area contributed by atoms with Crippen LogP contribution >= 0.6 is 11.8 Å². The van der Waals surface area contributed by atoms with E-state index in [1.807, 2.05) is 82.3 Å². The predicted molar refractivity (Wildman–Crippen MR) is 136 cm³/mol. The number of thioether (sulfide) groups is 1. The largest absolute Gasteiger partial charge is 0.346 e. The predicted octanol–water partition coefficient (Wildman–Crippen LogP) is 4.48. The Hall–Kier alpha value is -3.65. The van der Waals surface area contributed by atoms with Crippen molar-refractivity contribution in [3.63, 3.8) is 0 Å². The number of para-hydroxylation sites is 1. The number of benzene rings is 2. The molecule has 0 atom stereocenters. The van der Waals surface area contributed by atoms with Gasteiger partial charge < -0.3 is 10.6 Å². The number of anilines is 1. The first kappa shape index (κ1) is 23.5. The lowest BCUT2D eigenvalue weighted by Gasteiger charge is -2.11. The molecule has 2 N–H and O–H groups in total. The van der Waals surface area contributed by atoms with Crippen LogP contribution < -0.4 is 10.6 Å². The summed E-state index contributed by atoms with van der Waals surface area (Å²) in [5, 5.41) is 10.8. The number of nitrogens with zero attached hydrogens (tertiary/aromatic N) is 3. The molecule has 8 heteroatoms. The first-order valence-corrected chi connectivity index (χ1v) is 12.0. The lowest BCUT2D eigenvalue weighted by atomic mass is 10.1. The van der Waals surface area contributed by atoms with Crippen molar-refractivity contribution in [1.82, 2.24) is 19.9 Å². The average molecular weight is 474 g/mol. The molecule has 0 aliphatic heterocycles. The number of aryl methyl sites for hydroxylation is 4. The van der Waals surface area contributed by atoms with E-state index in [-0.39, 0.29) is 24.1 Å². The fourth-order valence-corrected chi connectivity index (χ4v) is 4.63. The molecule has 0 aliphatic rings. The minimum Gasteiger partial charge on any atom is -0.346 e. The van der Waals surface area contributed by atoms with E-state index in [1.54, 1.807) is 4.52 Å². The second-order valence-corrected chi connectivity index (χ2v) is 9.16. The summed E-state index contributed by atoms with van der Waals surface area (Å²) in [7, 11) is 0. The Morgan fingerprint density at radius 1 is 0.912 bits per heavy atom. The molecule has 0 saturated carbocycles. The summed E-state index contributed by atoms with van der Waals surface area (Å²) in [6, 6.07) is 17.8. The van der Waals surface area contributed by atoms with Gasteiger partial charge in [-0.15, -0.1) is 0 Å². The number of carbonyl (C=O) groups is 2. The van der Waals surface area contributed by atoms with E-state index in [1.165, 1.54) is 11.8 Å². The summed E-state index contributed by atoms with van der Waals surface area (Å²) in [6.07, 6.45) is 0. The molecule has 0 aliphatic carbocycles. The molecule has 2 amide bonds. The van der Waals surface area contributed by atoms with Crippen LogP contribution in [-0.2, 0) is 9.59 Å². The Kier molecular flexibility index (Phi) is 6.98. The van der Waals surface area contributed by atoms with Gasteiger partial charge in [0.1, 0.15) is 0 Å². The zero-order chi connectivity index (χ0) is 24.2. The first-order valence-electron chi connectivity index (χ1n) is 11.0. The minimum atomic E-state index is -0.263. The topological polar surface area (TPSA) is 88.4 Å². The first-order chi connectivity index (χ1) is 16.3. The van der Waals surface area contributed by atoms with E-state index >= 15 is 0 Å². The Balaban J connectivity index is 1.44. The van der Waals surface area contributed by atoms with Crippen LogP contribution in [0.25, 0.3) is 16.8 Å². The van der Waals surface area contributed by atoms with Crippen molar-refractivity contribution in [2.24, 2.45) is 0 Å². The van der Waals surface area contributed by atoms with Crippen molar-refractivity contribution in [3.8, 4) is 11.3 Å². The fourth-order valence-electron chi connectivity index (χ4n) is 3.85. The molecule has 0 fully saturated rings. The lowest BCUT2D eigenvalue weighted by molar-refractivity contribution is -0.122. The number of aromatic nitrogens is 3. The van der Waals surface area contributed by atoms with Gasteiger partial charge in [-0.2, -0.15) is 5.10 Å². The maximum Gasteiger partial charge on any atom is 0.243 e. The number of carbonyl (C=O) groups excluding carboxylic acids is 2. The molecule has 7 nitrogen and oxygen atoms in total. The fraction of sp³-hybridized carbons (Fsp3) is 0.231. The van der Waals surface area contributed by atoms with Gasteiger partial charge in [0.05, 0.1) is 29.2 Å². The molecular weight excluding hydrogens is 446 g/mol. The number of nitrogens with one attached hydrogen (secondary N) is 2. The lowest BCUT2D eigenvalue weighted by Crippen LogP contribution is -2.34. The molecule has 4 rings (SSSR count). The summed E-state index contributed by atoms with van der Waals surface area (Å²) in [5.41, 5.74) is 7.44. The van der Waals surface area contributed by atoms with Crippen molar-refractivity contribution >= 4 is 34.8 Å². The van der Waals surface area contributed by atoms with E-state index in [0.29, 0.717) is 5.16 Å². The third-order valence-corrected chi connectivity index (χ3v) is 6.38. The van der Waals surface area contributed by atoms with Crippen molar-refractivity contribution < 1.29 is 9.59 Å². The highest BCUT2D eigenvalue weighted by atomic mass is 32.2. The molecule has 4 aromatic rings. The molecule has 0 bridgehead atoms. The van der Waals surface area contributed by atoms with E-state index in [0.717, 1.165) is 44.8 Å². The van der Waals surface area contributed by atoms with Gasteiger partial charge in [-0.3, -0.25) is 9.59 Å². The SMILES string of the molecule is Cc1cc(C)c2c(-c3ccccc3)nc(SCC(=O)NCC(=O)Nc3c(C)cccc3C)n2n1. The highest BCUT2D eigenvalue weighted by molar-refractivity contribution is 7.99. The van der Waals surface area contributed by atoms with E-state index in [4.69, 9.17) is 4.98 Å². The zero-order valence-electron chi connectivity index (χ0n) is 19.7. The second-order valence-electron chi connectivity index (χ2n) is 8.22. The van der Waals surface area contributed by atoms with Crippen LogP contribution in [0.4, 0.5) is 5.69 Å². The molecule has 0 unspecified atom stereocenters. The number of hydrogen-bond acceptors (Lipinski definition) is 5. The third-order valence-electron chi connectivity index (χ3n) is 5.45. The normalized spacial score (nSPS) is 10.9. The van der Waals surface area contributed by atoms with Crippen LogP contribution in [-0.4, -0.2) is 38.7 Å². The number of hydrogen-bond donors (Lipinski definition) is 2. The quantitative estimate of drug-likeness (QED) is 0.387. The van der Waals surface area contributed by atoms with Crippen LogP contribution in [0.5, 0.6) is 0 Å². The monoisotopic (exact) mass is 473 g/mol. The summed E-state index contributed by atoms with van der Waals surface area (Å²) in [5.74, 6) is -0.385. The van der Waals surface area contributed by atoms with Crippen LogP contribution in [0.15, 0.2) is 59.8 Å². The second kappa shape index (κ2) is 10.1. The van der Waals surface area contributed by atoms with Gasteiger partial charge in [-0.25, -0.2) is 9.50 Å². The van der Waals surface area contributed by atoms with Crippen LogP contribution in [0.1, 0.15) is 22.4 Å². The van der Waals surface area contributed by atoms with Crippen molar-refractivity contribution in [1.29, 1.82) is 0 Å². The number of imidazole rings is 1. The van der Waals surface area contributed by atoms with Crippen LogP contribution in [0, 0.1) is 27.7 Å². The standard InChI is InChI=1S/C26H27N5O2S/c1-16-9-8-10-17(2)23(16)28-21(32)14-27-22(33)15-34-26-29-24(20-11-6-5-7-12-20)25-18(3)13-19(4)30-31(25)26/h5-13H,14-15H2,1-4H3,(H,27,33)(H,28,32). The van der Waals surface area contributed by atoms with Gasteiger partial charge in [-0.1, -0.05) is 60.3 Å². The van der Waals surface area contributed by atoms with Gasteiger partial charge in [-0.05, 0) is 50.5 Å². The maximum absolute atomic E-state index is 12.5. The summed E-state index contributed by atoms with van der Waals surface area (Å²) >= 11 is 1.30. The summed E-state index contributed by atoms with van der Waals surface area (Å²) in [6.45, 7) is 7.75. The van der Waals surface area contributed by atoms with E-state index < -0.39 is 0 Å². The molecule has 0 radical (unpaired) electrons. The molecule has 2 aromatic heterocycles. The Morgan fingerprint density at radius 2 is 1.62 bits per heavy atom. The zero-order valence-corrected chi connectivity index (χ0v) is 20.5. The van der Waals surface area contributed by atoms with E-state index in [2.05, 4.69) is 15.7 Å². The van der Waals surface area contributed by atoms with E-state index in [9.17, 15) is 9.59 Å². The Labute approximate surface area is 203 Å². The minimum absolute atomic E-state index is 0.0960. The molecule has 34 heavy (non-hydrogen) atoms. The number of fused-ring (bicyclic) bond motifs is 1. The van der Waals surface area contributed by atoms with Gasteiger partial charge in [0.25, 0.3) is 0 Å². The average Bonchev–Trinajstić information content (AvgIpc) is 3.18. The number of rotatable bonds is 7. The van der Waals surface area contributed by atoms with Gasteiger partial charge in [0, 0.05) is 11.3 Å². The summed E-state index contributed by atoms with van der Waals surface area (Å²) in [4.78, 5) is 29.6. The van der Waals surface area contributed by atoms with Crippen molar-refractivity contribution in [2.75, 3.05) is 17.6 Å². The number of amides is 2. The molecular formula is C26H27N5O2S. The molecule has 2 heterocycles. The van der Waals surface area contributed by atoms with Crippen LogP contribution in [0.3, 0.4) is 0 Å².